The predicted molar refractivity (Wildman–Crippen MR) is 171 cm³/mol. The first-order chi connectivity index (χ1) is 22.7. The fourth-order valence-electron chi connectivity index (χ4n) is 5.99. The lowest BCUT2D eigenvalue weighted by Crippen LogP contribution is -2.43. The van der Waals surface area contributed by atoms with Gasteiger partial charge in [-0.05, 0) is 56.7 Å². The molecule has 7 unspecified atom stereocenters. The molecule has 3 heterocycles. The summed E-state index contributed by atoms with van der Waals surface area (Å²) in [5.74, 6) is -0.204. The molecule has 15 heteroatoms. The summed E-state index contributed by atoms with van der Waals surface area (Å²) in [6.45, 7) is 1.53. The van der Waals surface area contributed by atoms with E-state index in [2.05, 4.69) is 20.0 Å². The molecule has 6 rings (SSSR count). The van der Waals surface area contributed by atoms with Crippen LogP contribution in [0.4, 0.5) is 5.82 Å². The smallest absolute Gasteiger partial charge is 0.459 e. The van der Waals surface area contributed by atoms with Crippen LogP contribution in [0.5, 0.6) is 5.75 Å². The van der Waals surface area contributed by atoms with Crippen LogP contribution in [0.15, 0.2) is 73.3 Å². The van der Waals surface area contributed by atoms with Crippen LogP contribution in [0, 0.1) is 0 Å². The van der Waals surface area contributed by atoms with Gasteiger partial charge in [-0.25, -0.2) is 19.5 Å². The maximum absolute atomic E-state index is 14.6. The molecule has 1 saturated carbocycles. The molecule has 47 heavy (non-hydrogen) atoms. The highest BCUT2D eigenvalue weighted by Gasteiger charge is 2.49. The van der Waals surface area contributed by atoms with Crippen molar-refractivity contribution in [2.75, 3.05) is 5.73 Å². The van der Waals surface area contributed by atoms with Gasteiger partial charge in [-0.3, -0.25) is 13.9 Å². The number of benzene rings is 2. The summed E-state index contributed by atoms with van der Waals surface area (Å²) in [5.41, 5.74) is 7.32. The minimum atomic E-state index is -4.40. The molecule has 1 saturated heterocycles. The number of imidazole rings is 1. The number of carbonyl (C=O) groups excluding carboxylic acids is 1. The average molecular weight is 667 g/mol. The van der Waals surface area contributed by atoms with Crippen LogP contribution >= 0.6 is 7.75 Å². The van der Waals surface area contributed by atoms with E-state index in [-0.39, 0.29) is 24.1 Å². The lowest BCUT2D eigenvalue weighted by Gasteiger charge is -2.30. The number of ether oxygens (including phenoxy) is 2. The van der Waals surface area contributed by atoms with Crippen molar-refractivity contribution in [1.29, 1.82) is 0 Å². The van der Waals surface area contributed by atoms with Crippen molar-refractivity contribution in [3.05, 3.63) is 78.9 Å². The number of carbonyl (C=O) groups is 1. The van der Waals surface area contributed by atoms with Crippen LogP contribution in [0.3, 0.4) is 0 Å². The van der Waals surface area contributed by atoms with Crippen LogP contribution in [0.1, 0.15) is 50.8 Å². The zero-order valence-corrected chi connectivity index (χ0v) is 26.8. The summed E-state index contributed by atoms with van der Waals surface area (Å²) < 4.78 is 40.1. The molecule has 0 spiro atoms. The van der Waals surface area contributed by atoms with Crippen LogP contribution in [0.2, 0.25) is 0 Å². The molecular formula is C32H39N6O8P. The molecular weight excluding hydrogens is 627 g/mol. The minimum absolute atomic E-state index is 0.146. The number of fused-ring (bicyclic) bond motifs is 1. The van der Waals surface area contributed by atoms with E-state index in [1.807, 2.05) is 30.3 Å². The lowest BCUT2D eigenvalue weighted by molar-refractivity contribution is -0.152. The SMILES string of the molecule is CC(OP(=O)(NC(Cc1ccccc1)C(=O)OC1CCCCC1)Oc1ccccc1)C1OC(n2cnc3c(N)ncnc32)C(O)C1O. The molecule has 250 valence electrons. The van der Waals surface area contributed by atoms with Gasteiger partial charge < -0.3 is 29.9 Å². The third kappa shape index (κ3) is 7.64. The molecule has 4 aromatic rings. The van der Waals surface area contributed by atoms with E-state index >= 15 is 0 Å². The number of esters is 1. The largest absolute Gasteiger partial charge is 0.461 e. The molecule has 5 N–H and O–H groups in total. The molecule has 2 fully saturated rings. The van der Waals surface area contributed by atoms with Crippen molar-refractivity contribution < 1.29 is 38.1 Å². The summed E-state index contributed by atoms with van der Waals surface area (Å²) in [6, 6.07) is 16.6. The van der Waals surface area contributed by atoms with Gasteiger partial charge in [0.05, 0.1) is 12.4 Å². The molecule has 1 aliphatic heterocycles. The first-order valence-corrected chi connectivity index (χ1v) is 17.2. The number of aliphatic hydroxyl groups is 2. The van der Waals surface area contributed by atoms with E-state index in [1.54, 1.807) is 30.3 Å². The first-order valence-electron chi connectivity index (χ1n) is 15.7. The zero-order chi connectivity index (χ0) is 33.0. The highest BCUT2D eigenvalue weighted by Crippen LogP contribution is 2.48. The monoisotopic (exact) mass is 666 g/mol. The average Bonchev–Trinajstić information content (AvgIpc) is 3.63. The Kier molecular flexibility index (Phi) is 10.2. The Morgan fingerprint density at radius 3 is 2.47 bits per heavy atom. The van der Waals surface area contributed by atoms with Gasteiger partial charge in [0.1, 0.15) is 48.1 Å². The van der Waals surface area contributed by atoms with Gasteiger partial charge in [-0.2, -0.15) is 5.09 Å². The molecule has 0 amide bonds. The maximum atomic E-state index is 14.6. The fraction of sp³-hybridized carbons (Fsp3) is 0.438. The zero-order valence-electron chi connectivity index (χ0n) is 25.9. The van der Waals surface area contributed by atoms with Gasteiger partial charge in [0.25, 0.3) is 0 Å². The van der Waals surface area contributed by atoms with E-state index in [0.29, 0.717) is 11.2 Å². The number of nitrogens with zero attached hydrogens (tertiary/aromatic N) is 4. The number of aliphatic hydroxyl groups excluding tert-OH is 2. The van der Waals surface area contributed by atoms with Crippen molar-refractivity contribution in [2.24, 2.45) is 0 Å². The van der Waals surface area contributed by atoms with Gasteiger partial charge in [0, 0.05) is 0 Å². The van der Waals surface area contributed by atoms with E-state index in [0.717, 1.165) is 37.7 Å². The summed E-state index contributed by atoms with van der Waals surface area (Å²) in [7, 11) is -4.40. The van der Waals surface area contributed by atoms with Crippen molar-refractivity contribution in [1.82, 2.24) is 24.6 Å². The van der Waals surface area contributed by atoms with E-state index < -0.39 is 50.4 Å². The second kappa shape index (κ2) is 14.5. The second-order valence-electron chi connectivity index (χ2n) is 11.8. The van der Waals surface area contributed by atoms with Crippen molar-refractivity contribution in [3.8, 4) is 5.75 Å². The van der Waals surface area contributed by atoms with Crippen molar-refractivity contribution in [2.45, 2.75) is 88.2 Å². The van der Waals surface area contributed by atoms with Crippen molar-refractivity contribution >= 4 is 30.7 Å². The number of rotatable bonds is 12. The van der Waals surface area contributed by atoms with E-state index in [1.165, 1.54) is 24.1 Å². The fourth-order valence-corrected chi connectivity index (χ4v) is 7.68. The third-order valence-corrected chi connectivity index (χ3v) is 10.1. The standard InChI is InChI=1S/C32H39N6O8P/c1-20(28-26(39)27(40)31(44-28)38-19-36-25-29(33)34-18-35-30(25)38)45-47(42,46-23-15-9-4-10-16-23)37-24(17-21-11-5-2-6-12-21)32(41)43-22-13-7-3-8-14-22/h2,4-6,9-12,15-16,18-20,22,24,26-28,31,39-40H,3,7-8,13-14,17H2,1H3,(H,37,42)(H2,33,34,35). The van der Waals surface area contributed by atoms with Gasteiger partial charge in [-0.1, -0.05) is 55.0 Å². The number of para-hydroxylation sites is 1. The van der Waals surface area contributed by atoms with Gasteiger partial charge in [0.2, 0.25) is 0 Å². The number of anilines is 1. The molecule has 2 aromatic carbocycles. The normalized spacial score (nSPS) is 24.4. The summed E-state index contributed by atoms with van der Waals surface area (Å²) >= 11 is 0. The predicted octanol–water partition coefficient (Wildman–Crippen LogP) is 3.70. The number of aromatic nitrogens is 4. The summed E-state index contributed by atoms with van der Waals surface area (Å²) in [5, 5.41) is 25.0. The van der Waals surface area contributed by atoms with Gasteiger partial charge in [0.15, 0.2) is 17.7 Å². The molecule has 2 aliphatic rings. The third-order valence-electron chi connectivity index (χ3n) is 8.39. The molecule has 1 aliphatic carbocycles. The summed E-state index contributed by atoms with van der Waals surface area (Å²) in [6.07, 6.45) is 0.789. The molecule has 0 bridgehead atoms. The number of hydrogen-bond donors (Lipinski definition) is 4. The quantitative estimate of drug-likeness (QED) is 0.126. The molecule has 14 nitrogen and oxygen atoms in total. The van der Waals surface area contributed by atoms with Gasteiger partial charge >= 0.3 is 13.7 Å². The number of hydrogen-bond acceptors (Lipinski definition) is 12. The van der Waals surface area contributed by atoms with Crippen molar-refractivity contribution in [3.63, 3.8) is 0 Å². The minimum Gasteiger partial charge on any atom is -0.461 e. The topological polar surface area (TPSA) is 193 Å². The Morgan fingerprint density at radius 2 is 1.74 bits per heavy atom. The molecule has 2 aromatic heterocycles. The van der Waals surface area contributed by atoms with E-state index in [4.69, 9.17) is 24.3 Å². The second-order valence-corrected chi connectivity index (χ2v) is 13.5. The summed E-state index contributed by atoms with van der Waals surface area (Å²) in [4.78, 5) is 26.0. The van der Waals surface area contributed by atoms with Gasteiger partial charge in [-0.15, -0.1) is 0 Å². The number of nitrogens with one attached hydrogen (secondary N) is 1. The Labute approximate surface area is 271 Å². The van der Waals surface area contributed by atoms with E-state index in [9.17, 15) is 19.6 Å². The lowest BCUT2D eigenvalue weighted by atomic mass is 9.97. The van der Waals surface area contributed by atoms with Crippen LogP contribution in [0.25, 0.3) is 11.2 Å². The Balaban J connectivity index is 1.25. The Morgan fingerprint density at radius 1 is 1.04 bits per heavy atom. The number of nitrogens with two attached hydrogens (primary N) is 1. The highest BCUT2D eigenvalue weighted by molar-refractivity contribution is 7.52. The Hall–Kier alpha value is -3.91. The van der Waals surface area contributed by atoms with Crippen LogP contribution in [-0.4, -0.2) is 72.3 Å². The Bertz CT molecular complexity index is 1690. The number of nitrogen functional groups attached to an aromatic ring is 1. The molecule has 7 atom stereocenters. The highest BCUT2D eigenvalue weighted by atomic mass is 31.2. The van der Waals surface area contributed by atoms with Crippen LogP contribution in [-0.2, 0) is 29.8 Å². The van der Waals surface area contributed by atoms with Crippen LogP contribution < -0.4 is 15.3 Å². The maximum Gasteiger partial charge on any atom is 0.459 e. The molecule has 0 radical (unpaired) electrons. The first kappa shape index (κ1) is 33.0.